The zero-order valence-corrected chi connectivity index (χ0v) is 26.3. The number of hydrogen-bond donors (Lipinski definition) is 0. The largest absolute Gasteiger partial charge is 0.504 e. The molecule has 1 unspecified atom stereocenters. The van der Waals surface area contributed by atoms with E-state index < -0.39 is 17.6 Å². The van der Waals surface area contributed by atoms with Crippen LogP contribution in [-0.2, 0) is 36.1 Å². The van der Waals surface area contributed by atoms with Crippen LogP contribution in [0.3, 0.4) is 0 Å². The third-order valence-electron chi connectivity index (χ3n) is 5.92. The Morgan fingerprint density at radius 2 is 1.08 bits per heavy atom. The van der Waals surface area contributed by atoms with Crippen molar-refractivity contribution in [2.75, 3.05) is 54.2 Å². The summed E-state index contributed by atoms with van der Waals surface area (Å²) in [6.45, 7) is 11.2. The van der Waals surface area contributed by atoms with Crippen LogP contribution in [0.25, 0.3) is 0 Å². The quantitative estimate of drug-likeness (QED) is 0.0656. The molecule has 12 heteroatoms. The summed E-state index contributed by atoms with van der Waals surface area (Å²) in [6.07, 6.45) is 12.3. The highest BCUT2D eigenvalue weighted by Gasteiger charge is 2.47. The van der Waals surface area contributed by atoms with Crippen molar-refractivity contribution in [2.24, 2.45) is 9.98 Å². The van der Waals surface area contributed by atoms with E-state index in [0.29, 0.717) is 38.5 Å². The van der Waals surface area contributed by atoms with Gasteiger partial charge in [-0.15, -0.1) is 0 Å². The third-order valence-corrected chi connectivity index (χ3v) is 12.5. The Balaban J connectivity index is 0. The zero-order valence-electron chi connectivity index (χ0n) is 24.3. The molecule has 37 heavy (non-hydrogen) atoms. The number of isocyanates is 2. The van der Waals surface area contributed by atoms with Gasteiger partial charge in [0.15, 0.2) is 0 Å². The van der Waals surface area contributed by atoms with Crippen LogP contribution in [0.5, 0.6) is 0 Å². The van der Waals surface area contributed by atoms with Gasteiger partial charge in [-0.1, -0.05) is 32.6 Å². The minimum Gasteiger partial charge on any atom is -0.377 e. The van der Waals surface area contributed by atoms with E-state index in [4.69, 9.17) is 26.6 Å². The Morgan fingerprint density at radius 3 is 1.46 bits per heavy atom. The van der Waals surface area contributed by atoms with Gasteiger partial charge in [-0.25, -0.2) is 19.6 Å². The predicted molar refractivity (Wildman–Crippen MR) is 149 cm³/mol. The molecule has 0 rings (SSSR count). The van der Waals surface area contributed by atoms with E-state index in [1.165, 1.54) is 6.08 Å². The highest BCUT2D eigenvalue weighted by molar-refractivity contribution is 6.62. The van der Waals surface area contributed by atoms with Crippen molar-refractivity contribution in [3.05, 3.63) is 0 Å². The molecule has 0 amide bonds. The first-order valence-electron chi connectivity index (χ1n) is 13.6. The Hall–Kier alpha value is -1.05. The summed E-state index contributed by atoms with van der Waals surface area (Å²) in [7, 11) is -0.0956. The molecule has 218 valence electrons. The van der Waals surface area contributed by atoms with Crippen molar-refractivity contribution in [1.29, 1.82) is 0 Å². The molecule has 0 saturated carbocycles. The first-order valence-corrected chi connectivity index (χ1v) is 17.3. The van der Waals surface area contributed by atoms with Crippen molar-refractivity contribution in [3.8, 4) is 0 Å². The second kappa shape index (κ2) is 26.6. The van der Waals surface area contributed by atoms with E-state index in [1.54, 1.807) is 27.4 Å². The summed E-state index contributed by atoms with van der Waals surface area (Å²) < 4.78 is 33.9. The molecule has 0 aromatic carbocycles. The minimum atomic E-state index is -2.59. The van der Waals surface area contributed by atoms with Gasteiger partial charge in [0.2, 0.25) is 12.2 Å². The first kappa shape index (κ1) is 38.1. The highest BCUT2D eigenvalue weighted by atomic mass is 28.4. The average Bonchev–Trinajstić information content (AvgIpc) is 2.91. The van der Waals surface area contributed by atoms with E-state index in [0.717, 1.165) is 63.8 Å². The second-order valence-electron chi connectivity index (χ2n) is 8.26. The van der Waals surface area contributed by atoms with E-state index in [9.17, 15) is 9.59 Å². The van der Waals surface area contributed by atoms with Gasteiger partial charge in [0, 0.05) is 52.7 Å². The second-order valence-corrected chi connectivity index (χ2v) is 14.2. The van der Waals surface area contributed by atoms with Crippen LogP contribution < -0.4 is 0 Å². The summed E-state index contributed by atoms with van der Waals surface area (Å²) >= 11 is 0. The summed E-state index contributed by atoms with van der Waals surface area (Å²) in [4.78, 5) is 26.9. The molecule has 0 aromatic heterocycles. The molecule has 0 heterocycles. The molecule has 0 N–H and O–H groups in total. The van der Waals surface area contributed by atoms with Gasteiger partial charge in [-0.3, -0.25) is 0 Å². The molecule has 0 aliphatic carbocycles. The standard InChI is InChI=1S/C15H31NO4Si.C10H21NO4Si/c1-5-15(12-10-9-11-13-16-14-17)21(18-6-2,19-7-3)20-8-4;1-13-16(14-2,15-3)9-7-5-4-6-8-11-10-12/h15H,5-13H2,1-4H3;4-9H2,1-3H3. The molecular formula is C25H52N2O8Si2. The molecular weight excluding hydrogens is 512 g/mol. The van der Waals surface area contributed by atoms with Crippen LogP contribution in [0.4, 0.5) is 0 Å². The smallest absolute Gasteiger partial charge is 0.377 e. The Labute approximate surface area is 227 Å². The predicted octanol–water partition coefficient (Wildman–Crippen LogP) is 5.47. The van der Waals surface area contributed by atoms with Crippen LogP contribution in [0.1, 0.15) is 85.5 Å². The van der Waals surface area contributed by atoms with Crippen molar-refractivity contribution >= 4 is 29.8 Å². The zero-order chi connectivity index (χ0) is 28.3. The fraction of sp³-hybridized carbons (Fsp3) is 0.920. The maximum absolute atomic E-state index is 10.0. The number of carbonyl (C=O) groups excluding carboxylic acids is 2. The van der Waals surface area contributed by atoms with Crippen molar-refractivity contribution < 1.29 is 36.1 Å². The minimum absolute atomic E-state index is 0.340. The van der Waals surface area contributed by atoms with Crippen LogP contribution >= 0.6 is 0 Å². The maximum atomic E-state index is 10.0. The molecule has 0 aliphatic rings. The van der Waals surface area contributed by atoms with Gasteiger partial charge < -0.3 is 26.6 Å². The molecule has 0 aromatic rings. The van der Waals surface area contributed by atoms with E-state index in [2.05, 4.69) is 16.9 Å². The van der Waals surface area contributed by atoms with E-state index >= 15 is 0 Å². The van der Waals surface area contributed by atoms with Gasteiger partial charge in [0.25, 0.3) is 0 Å². The van der Waals surface area contributed by atoms with Crippen molar-refractivity contribution in [1.82, 2.24) is 0 Å². The summed E-state index contributed by atoms with van der Waals surface area (Å²) in [6, 6.07) is 0.827. The highest BCUT2D eigenvalue weighted by Crippen LogP contribution is 2.34. The topological polar surface area (TPSA) is 114 Å². The van der Waals surface area contributed by atoms with Crippen LogP contribution in [0.2, 0.25) is 11.6 Å². The fourth-order valence-electron chi connectivity index (χ4n) is 4.00. The summed E-state index contributed by atoms with van der Waals surface area (Å²) in [5.41, 5.74) is 0.340. The SMILES string of the molecule is CCO[Si](OCC)(OCC)C(CC)CCCCCN=C=O.CO[Si](CCCCCCN=C=O)(OC)OC. The number of hydrogen-bond acceptors (Lipinski definition) is 10. The van der Waals surface area contributed by atoms with Gasteiger partial charge in [0.1, 0.15) is 0 Å². The number of aliphatic imine (C=N–C) groups is 2. The number of unbranched alkanes of at least 4 members (excludes halogenated alkanes) is 5. The average molecular weight is 565 g/mol. The molecule has 0 aliphatic heterocycles. The molecule has 0 fully saturated rings. The summed E-state index contributed by atoms with van der Waals surface area (Å²) in [5, 5.41) is 0. The van der Waals surface area contributed by atoms with E-state index in [-0.39, 0.29) is 0 Å². The normalized spacial score (nSPS) is 12.2. The monoisotopic (exact) mass is 564 g/mol. The van der Waals surface area contributed by atoms with Gasteiger partial charge in [-0.05, 0) is 52.9 Å². The molecule has 1 atom stereocenters. The first-order chi connectivity index (χ1) is 17.9. The van der Waals surface area contributed by atoms with E-state index in [1.807, 2.05) is 20.8 Å². The molecule has 0 radical (unpaired) electrons. The van der Waals surface area contributed by atoms with Gasteiger partial charge >= 0.3 is 17.6 Å². The lowest BCUT2D eigenvalue weighted by molar-refractivity contribution is 0.0588. The summed E-state index contributed by atoms with van der Waals surface area (Å²) in [5.74, 6) is 0. The van der Waals surface area contributed by atoms with Crippen LogP contribution in [0.15, 0.2) is 9.98 Å². The molecule has 0 bridgehead atoms. The lowest BCUT2D eigenvalue weighted by Crippen LogP contribution is -2.50. The number of nitrogens with zero attached hydrogens (tertiary/aromatic N) is 2. The molecule has 10 nitrogen and oxygen atoms in total. The Bertz CT molecular complexity index is 588. The van der Waals surface area contributed by atoms with Crippen molar-refractivity contribution in [2.45, 2.75) is 97.1 Å². The lowest BCUT2D eigenvalue weighted by atomic mass is 10.1. The fourth-order valence-corrected chi connectivity index (χ4v) is 9.02. The number of rotatable bonds is 24. The third kappa shape index (κ3) is 18.0. The maximum Gasteiger partial charge on any atom is 0.504 e. The van der Waals surface area contributed by atoms with Crippen LogP contribution in [-0.4, -0.2) is 84.0 Å². The Morgan fingerprint density at radius 1 is 0.649 bits per heavy atom. The van der Waals surface area contributed by atoms with Gasteiger partial charge in [0.05, 0.1) is 13.1 Å². The van der Waals surface area contributed by atoms with Crippen LogP contribution in [0, 0.1) is 0 Å². The Kier molecular flexibility index (Phi) is 27.3. The lowest BCUT2D eigenvalue weighted by Gasteiger charge is -2.35. The van der Waals surface area contributed by atoms with Crippen molar-refractivity contribution in [3.63, 3.8) is 0 Å². The molecule has 0 saturated heterocycles. The van der Waals surface area contributed by atoms with Gasteiger partial charge in [-0.2, -0.15) is 0 Å². The molecule has 0 spiro atoms.